The van der Waals surface area contributed by atoms with E-state index >= 15 is 0 Å². The van der Waals surface area contributed by atoms with Crippen molar-refractivity contribution in [3.63, 3.8) is 0 Å². The highest BCUT2D eigenvalue weighted by molar-refractivity contribution is 9.11. The average Bonchev–Trinajstić information content (AvgIpc) is 2.50. The van der Waals surface area contributed by atoms with Gasteiger partial charge in [-0.1, -0.05) is 6.07 Å². The summed E-state index contributed by atoms with van der Waals surface area (Å²) in [4.78, 5) is 2.52. The number of aryl methyl sites for hydroxylation is 1. The lowest BCUT2D eigenvalue weighted by Crippen LogP contribution is -1.86. The number of hydrogen-bond donors (Lipinski definition) is 1. The average molecular weight is 347 g/mol. The molecule has 0 fully saturated rings. The normalized spacial score (nSPS) is 10.6. The highest BCUT2D eigenvalue weighted by Gasteiger charge is 2.08. The molecule has 2 rings (SSSR count). The fraction of sp³-hybridized carbons (Fsp3) is 0.0909. The molecule has 0 saturated heterocycles. The Bertz CT molecular complexity index is 505. The van der Waals surface area contributed by atoms with Crippen LogP contribution in [0.4, 0.5) is 5.69 Å². The van der Waals surface area contributed by atoms with Gasteiger partial charge in [0.05, 0.1) is 0 Å². The lowest BCUT2D eigenvalue weighted by Gasteiger charge is -2.02. The summed E-state index contributed by atoms with van der Waals surface area (Å²) < 4.78 is 2.07. The molecule has 0 atom stereocenters. The fourth-order valence-electron chi connectivity index (χ4n) is 1.37. The van der Waals surface area contributed by atoms with Crippen LogP contribution in [0.5, 0.6) is 0 Å². The minimum absolute atomic E-state index is 0.769. The number of halogens is 2. The first-order valence-electron chi connectivity index (χ1n) is 4.39. The molecule has 0 saturated carbocycles. The second-order valence-corrected chi connectivity index (χ2v) is 6.24. The second-order valence-electron chi connectivity index (χ2n) is 3.27. The zero-order valence-corrected chi connectivity index (χ0v) is 12.0. The Morgan fingerprint density at radius 3 is 2.40 bits per heavy atom. The number of rotatable bonds is 1. The maximum absolute atomic E-state index is 5.86. The van der Waals surface area contributed by atoms with Crippen LogP contribution < -0.4 is 5.73 Å². The van der Waals surface area contributed by atoms with Crippen molar-refractivity contribution in [1.29, 1.82) is 0 Å². The van der Waals surface area contributed by atoms with Crippen molar-refractivity contribution in [2.24, 2.45) is 0 Å². The number of nitrogens with two attached hydrogens (primary N) is 1. The third-order valence-corrected chi connectivity index (χ3v) is 4.78. The fourth-order valence-corrected chi connectivity index (χ4v) is 3.48. The molecule has 1 heterocycles. The van der Waals surface area contributed by atoms with Gasteiger partial charge in [-0.2, -0.15) is 0 Å². The molecule has 4 heteroatoms. The predicted molar refractivity (Wildman–Crippen MR) is 74.3 cm³/mol. The second kappa shape index (κ2) is 4.28. The van der Waals surface area contributed by atoms with E-state index in [2.05, 4.69) is 50.9 Å². The van der Waals surface area contributed by atoms with Gasteiger partial charge in [0.1, 0.15) is 0 Å². The van der Waals surface area contributed by atoms with Gasteiger partial charge in [0.15, 0.2) is 0 Å². The van der Waals surface area contributed by atoms with E-state index in [1.807, 2.05) is 12.1 Å². The van der Waals surface area contributed by atoms with E-state index in [0.717, 1.165) is 20.2 Å². The van der Waals surface area contributed by atoms with Crippen LogP contribution in [0.1, 0.15) is 4.88 Å². The van der Waals surface area contributed by atoms with Crippen molar-refractivity contribution in [2.75, 3.05) is 5.73 Å². The smallest absolute Gasteiger partial charge is 0.0488 e. The number of benzene rings is 1. The first-order chi connectivity index (χ1) is 7.08. The van der Waals surface area contributed by atoms with E-state index < -0.39 is 0 Å². The van der Waals surface area contributed by atoms with E-state index in [1.165, 1.54) is 9.75 Å². The summed E-state index contributed by atoms with van der Waals surface area (Å²) in [5.41, 5.74) is 7.78. The van der Waals surface area contributed by atoms with Crippen LogP contribution in [0.15, 0.2) is 33.2 Å². The number of hydrogen-bond acceptors (Lipinski definition) is 2. The molecule has 1 nitrogen and oxygen atoms in total. The topological polar surface area (TPSA) is 26.0 Å². The zero-order chi connectivity index (χ0) is 11.0. The van der Waals surface area contributed by atoms with Gasteiger partial charge in [-0.25, -0.2) is 0 Å². The van der Waals surface area contributed by atoms with Crippen molar-refractivity contribution in [3.8, 4) is 10.4 Å². The minimum atomic E-state index is 0.769. The number of thiophene rings is 1. The predicted octanol–water partition coefficient (Wildman–Crippen LogP) is 4.83. The molecular formula is C11H9Br2NS. The summed E-state index contributed by atoms with van der Waals surface area (Å²) in [6, 6.07) is 8.15. The van der Waals surface area contributed by atoms with Gasteiger partial charge < -0.3 is 5.73 Å². The van der Waals surface area contributed by atoms with Gasteiger partial charge in [-0.3, -0.25) is 0 Å². The highest BCUT2D eigenvalue weighted by Crippen LogP contribution is 2.37. The Morgan fingerprint density at radius 1 is 1.13 bits per heavy atom. The Labute approximate surface area is 110 Å². The van der Waals surface area contributed by atoms with Gasteiger partial charge in [-0.15, -0.1) is 11.3 Å². The highest BCUT2D eigenvalue weighted by atomic mass is 79.9. The van der Waals surface area contributed by atoms with Gasteiger partial charge in [0.25, 0.3) is 0 Å². The molecule has 1 aromatic heterocycles. The summed E-state index contributed by atoms with van der Waals surface area (Å²) in [7, 11) is 0. The van der Waals surface area contributed by atoms with Crippen molar-refractivity contribution in [1.82, 2.24) is 0 Å². The van der Waals surface area contributed by atoms with Gasteiger partial charge in [-0.05, 0) is 62.5 Å². The van der Waals surface area contributed by atoms with Crippen LogP contribution in [0, 0.1) is 6.92 Å². The molecule has 0 aliphatic heterocycles. The van der Waals surface area contributed by atoms with Gasteiger partial charge >= 0.3 is 0 Å². The summed E-state index contributed by atoms with van der Waals surface area (Å²) >= 11 is 8.71. The summed E-state index contributed by atoms with van der Waals surface area (Å²) in [5.74, 6) is 0. The van der Waals surface area contributed by atoms with Crippen LogP contribution in [0.3, 0.4) is 0 Å². The molecule has 2 N–H and O–H groups in total. The largest absolute Gasteiger partial charge is 0.398 e. The van der Waals surface area contributed by atoms with Crippen LogP contribution in [0.2, 0.25) is 0 Å². The minimum Gasteiger partial charge on any atom is -0.398 e. The third-order valence-electron chi connectivity index (χ3n) is 2.07. The van der Waals surface area contributed by atoms with Crippen LogP contribution in [0.25, 0.3) is 10.4 Å². The first-order valence-corrected chi connectivity index (χ1v) is 6.79. The van der Waals surface area contributed by atoms with E-state index in [9.17, 15) is 0 Å². The van der Waals surface area contributed by atoms with E-state index in [0.29, 0.717) is 0 Å². The lowest BCUT2D eigenvalue weighted by atomic mass is 10.2. The van der Waals surface area contributed by atoms with E-state index in [4.69, 9.17) is 5.73 Å². The van der Waals surface area contributed by atoms with Crippen LogP contribution in [-0.2, 0) is 0 Å². The number of nitrogen functional groups attached to an aromatic ring is 1. The molecule has 0 radical (unpaired) electrons. The Morgan fingerprint density at radius 2 is 1.87 bits per heavy atom. The molecule has 1 aromatic carbocycles. The van der Waals surface area contributed by atoms with Crippen LogP contribution >= 0.6 is 43.2 Å². The lowest BCUT2D eigenvalue weighted by molar-refractivity contribution is 1.60. The molecule has 0 aliphatic rings. The first kappa shape index (κ1) is 11.2. The zero-order valence-electron chi connectivity index (χ0n) is 8.05. The molecule has 0 bridgehead atoms. The maximum atomic E-state index is 5.86. The van der Waals surface area contributed by atoms with Crippen LogP contribution in [-0.4, -0.2) is 0 Å². The van der Waals surface area contributed by atoms with Crippen molar-refractivity contribution in [2.45, 2.75) is 6.92 Å². The monoisotopic (exact) mass is 345 g/mol. The van der Waals surface area contributed by atoms with E-state index in [-0.39, 0.29) is 0 Å². The molecule has 0 amide bonds. The van der Waals surface area contributed by atoms with Crippen molar-refractivity contribution >= 4 is 48.9 Å². The summed E-state index contributed by atoms with van der Waals surface area (Å²) in [5, 5.41) is 0. The molecule has 0 spiro atoms. The third kappa shape index (κ3) is 2.27. The Hall–Kier alpha value is -0.320. The van der Waals surface area contributed by atoms with Gasteiger partial charge in [0.2, 0.25) is 0 Å². The van der Waals surface area contributed by atoms with Crippen molar-refractivity contribution in [3.05, 3.63) is 38.1 Å². The standard InChI is InChI=1S/C11H9Br2NS/c1-6-4-9(13)11(15-6)7-2-3-8(12)10(14)5-7/h2-5H,14H2,1H3. The Kier molecular flexibility index (Phi) is 3.19. The summed E-state index contributed by atoms with van der Waals surface area (Å²) in [6.07, 6.45) is 0. The molecule has 0 unspecified atom stereocenters. The molecule has 15 heavy (non-hydrogen) atoms. The molecular weight excluding hydrogens is 338 g/mol. The quantitative estimate of drug-likeness (QED) is 0.735. The molecule has 0 aliphatic carbocycles. The summed E-state index contributed by atoms with van der Waals surface area (Å²) in [6.45, 7) is 2.10. The number of anilines is 1. The molecule has 78 valence electrons. The Balaban J connectivity index is 2.54. The van der Waals surface area contributed by atoms with E-state index in [1.54, 1.807) is 11.3 Å². The van der Waals surface area contributed by atoms with Gasteiger partial charge in [0, 0.05) is 24.4 Å². The maximum Gasteiger partial charge on any atom is 0.0488 e. The molecule has 2 aromatic rings. The SMILES string of the molecule is Cc1cc(Br)c(-c2ccc(Br)c(N)c2)s1. The van der Waals surface area contributed by atoms with Crippen molar-refractivity contribution < 1.29 is 0 Å².